The van der Waals surface area contributed by atoms with Crippen LogP contribution in [0.25, 0.3) is 0 Å². The van der Waals surface area contributed by atoms with Crippen molar-refractivity contribution in [3.05, 3.63) is 24.3 Å². The van der Waals surface area contributed by atoms with E-state index in [9.17, 15) is 4.79 Å². The van der Waals surface area contributed by atoms with E-state index in [1.54, 1.807) is 0 Å². The monoisotopic (exact) mass is 195 g/mol. The standard InChI is InChI=1S/C12H21NO/c1-6-8-10(9-7-2)13-11(14)12(3,4)5/h6-10H,1-5H3,(H,13,14). The predicted octanol–water partition coefficient (Wildman–Crippen LogP) is 2.67. The molecule has 0 bridgehead atoms. The molecule has 0 aromatic carbocycles. The van der Waals surface area contributed by atoms with E-state index >= 15 is 0 Å². The lowest BCUT2D eigenvalue weighted by atomic mass is 9.95. The highest BCUT2D eigenvalue weighted by Gasteiger charge is 2.21. The van der Waals surface area contributed by atoms with Gasteiger partial charge in [-0.25, -0.2) is 0 Å². The Kier molecular flexibility index (Phi) is 5.21. The fraction of sp³-hybridized carbons (Fsp3) is 0.583. The molecule has 0 atom stereocenters. The van der Waals surface area contributed by atoms with Gasteiger partial charge in [0.25, 0.3) is 0 Å². The van der Waals surface area contributed by atoms with Gasteiger partial charge < -0.3 is 5.32 Å². The number of hydrogen-bond acceptors (Lipinski definition) is 1. The van der Waals surface area contributed by atoms with Crippen molar-refractivity contribution in [1.82, 2.24) is 5.32 Å². The normalized spacial score (nSPS) is 14.9. The largest absolute Gasteiger partial charge is 0.346 e. The van der Waals surface area contributed by atoms with Gasteiger partial charge in [-0.3, -0.25) is 4.79 Å². The van der Waals surface area contributed by atoms with Gasteiger partial charge in [-0.2, -0.15) is 0 Å². The number of amides is 1. The SMILES string of the molecule is CC=CC(C=CC)NC(=O)C(C)(C)C. The van der Waals surface area contributed by atoms with Gasteiger partial charge in [0.15, 0.2) is 0 Å². The molecule has 0 saturated heterocycles. The molecule has 0 saturated carbocycles. The van der Waals surface area contributed by atoms with Crippen molar-refractivity contribution in [2.75, 3.05) is 0 Å². The highest BCUT2D eigenvalue weighted by Crippen LogP contribution is 2.13. The summed E-state index contributed by atoms with van der Waals surface area (Å²) in [6.45, 7) is 9.61. The molecule has 14 heavy (non-hydrogen) atoms. The van der Waals surface area contributed by atoms with Gasteiger partial charge in [0.2, 0.25) is 5.91 Å². The van der Waals surface area contributed by atoms with Crippen LogP contribution in [0.1, 0.15) is 34.6 Å². The van der Waals surface area contributed by atoms with Crippen molar-refractivity contribution in [2.45, 2.75) is 40.7 Å². The van der Waals surface area contributed by atoms with Crippen LogP contribution in [0.5, 0.6) is 0 Å². The fourth-order valence-corrected chi connectivity index (χ4v) is 0.943. The Bertz CT molecular complexity index is 221. The molecule has 80 valence electrons. The summed E-state index contributed by atoms with van der Waals surface area (Å²) in [7, 11) is 0. The Hall–Kier alpha value is -1.05. The molecule has 0 spiro atoms. The molecule has 0 rings (SSSR count). The number of carbonyl (C=O) groups is 1. The number of nitrogens with one attached hydrogen (secondary N) is 1. The van der Waals surface area contributed by atoms with E-state index in [2.05, 4.69) is 5.32 Å². The second-order valence-electron chi connectivity index (χ2n) is 4.30. The van der Waals surface area contributed by atoms with Gasteiger partial charge in [0, 0.05) is 5.41 Å². The molecule has 0 heterocycles. The molecule has 0 radical (unpaired) electrons. The lowest BCUT2D eigenvalue weighted by Gasteiger charge is -2.20. The quantitative estimate of drug-likeness (QED) is 0.689. The summed E-state index contributed by atoms with van der Waals surface area (Å²) in [6.07, 6.45) is 7.80. The fourth-order valence-electron chi connectivity index (χ4n) is 0.943. The maximum Gasteiger partial charge on any atom is 0.226 e. The average molecular weight is 195 g/mol. The third-order valence-electron chi connectivity index (χ3n) is 1.78. The van der Waals surface area contributed by atoms with Crippen molar-refractivity contribution < 1.29 is 4.79 Å². The molecular weight excluding hydrogens is 174 g/mol. The molecule has 2 heteroatoms. The number of allylic oxidation sites excluding steroid dienone is 2. The summed E-state index contributed by atoms with van der Waals surface area (Å²) < 4.78 is 0. The van der Waals surface area contributed by atoms with Crippen LogP contribution in [0, 0.1) is 5.41 Å². The molecule has 0 aliphatic rings. The molecule has 0 aliphatic carbocycles. The summed E-state index contributed by atoms with van der Waals surface area (Å²) in [5.41, 5.74) is -0.332. The average Bonchev–Trinajstić information content (AvgIpc) is 2.03. The van der Waals surface area contributed by atoms with Crippen LogP contribution in [0.15, 0.2) is 24.3 Å². The Morgan fingerprint density at radius 3 is 1.86 bits per heavy atom. The Morgan fingerprint density at radius 1 is 1.14 bits per heavy atom. The van der Waals surface area contributed by atoms with Gasteiger partial charge in [0.1, 0.15) is 0 Å². The zero-order valence-corrected chi connectivity index (χ0v) is 9.79. The van der Waals surface area contributed by atoms with Crippen molar-refractivity contribution in [3.8, 4) is 0 Å². The Balaban J connectivity index is 4.38. The van der Waals surface area contributed by atoms with Crippen molar-refractivity contribution in [2.24, 2.45) is 5.41 Å². The van der Waals surface area contributed by atoms with E-state index in [1.165, 1.54) is 0 Å². The first kappa shape index (κ1) is 12.9. The van der Waals surface area contributed by atoms with Crippen LogP contribution >= 0.6 is 0 Å². The van der Waals surface area contributed by atoms with Gasteiger partial charge in [-0.05, 0) is 13.8 Å². The molecule has 0 aromatic heterocycles. The minimum absolute atomic E-state index is 0.0109. The van der Waals surface area contributed by atoms with E-state index in [4.69, 9.17) is 0 Å². The zero-order chi connectivity index (χ0) is 11.2. The smallest absolute Gasteiger partial charge is 0.226 e. The predicted molar refractivity (Wildman–Crippen MR) is 61.0 cm³/mol. The first-order valence-corrected chi connectivity index (χ1v) is 4.98. The number of rotatable bonds is 3. The van der Waals surface area contributed by atoms with E-state index in [1.807, 2.05) is 58.9 Å². The molecule has 0 unspecified atom stereocenters. The molecule has 2 nitrogen and oxygen atoms in total. The molecule has 0 fully saturated rings. The van der Waals surface area contributed by atoms with Crippen molar-refractivity contribution >= 4 is 5.91 Å². The minimum Gasteiger partial charge on any atom is -0.346 e. The zero-order valence-electron chi connectivity index (χ0n) is 9.79. The van der Waals surface area contributed by atoms with Crippen LogP contribution in [0.4, 0.5) is 0 Å². The van der Waals surface area contributed by atoms with Gasteiger partial charge in [-0.15, -0.1) is 0 Å². The lowest BCUT2D eigenvalue weighted by Crippen LogP contribution is -2.39. The van der Waals surface area contributed by atoms with Gasteiger partial charge in [0.05, 0.1) is 6.04 Å². The van der Waals surface area contributed by atoms with E-state index in [0.717, 1.165) is 0 Å². The summed E-state index contributed by atoms with van der Waals surface area (Å²) in [4.78, 5) is 11.6. The van der Waals surface area contributed by atoms with Crippen LogP contribution in [0.2, 0.25) is 0 Å². The maximum atomic E-state index is 11.6. The number of hydrogen-bond donors (Lipinski definition) is 1. The topological polar surface area (TPSA) is 29.1 Å². The van der Waals surface area contributed by atoms with E-state index < -0.39 is 0 Å². The molecule has 0 aromatic rings. The second-order valence-corrected chi connectivity index (χ2v) is 4.30. The Labute approximate surface area is 87.1 Å². The van der Waals surface area contributed by atoms with Crippen LogP contribution in [-0.2, 0) is 4.79 Å². The van der Waals surface area contributed by atoms with Crippen LogP contribution in [0.3, 0.4) is 0 Å². The van der Waals surface area contributed by atoms with Crippen molar-refractivity contribution in [1.29, 1.82) is 0 Å². The lowest BCUT2D eigenvalue weighted by molar-refractivity contribution is -0.128. The minimum atomic E-state index is -0.332. The first-order valence-electron chi connectivity index (χ1n) is 4.98. The third kappa shape index (κ3) is 4.85. The van der Waals surface area contributed by atoms with Gasteiger partial charge >= 0.3 is 0 Å². The van der Waals surface area contributed by atoms with Gasteiger partial charge in [-0.1, -0.05) is 45.1 Å². The third-order valence-corrected chi connectivity index (χ3v) is 1.78. The second kappa shape index (κ2) is 5.63. The van der Waals surface area contributed by atoms with Crippen LogP contribution < -0.4 is 5.32 Å². The maximum absolute atomic E-state index is 11.6. The van der Waals surface area contributed by atoms with E-state index in [-0.39, 0.29) is 17.4 Å². The summed E-state index contributed by atoms with van der Waals surface area (Å²) in [6, 6.07) is 0.0109. The highest BCUT2D eigenvalue weighted by molar-refractivity contribution is 5.82. The summed E-state index contributed by atoms with van der Waals surface area (Å²) in [5, 5.41) is 2.95. The van der Waals surface area contributed by atoms with Crippen LogP contribution in [-0.4, -0.2) is 11.9 Å². The Morgan fingerprint density at radius 2 is 1.57 bits per heavy atom. The summed E-state index contributed by atoms with van der Waals surface area (Å²) in [5.74, 6) is 0.0682. The molecule has 1 amide bonds. The molecule has 0 aliphatic heterocycles. The highest BCUT2D eigenvalue weighted by atomic mass is 16.2. The summed E-state index contributed by atoms with van der Waals surface area (Å²) >= 11 is 0. The van der Waals surface area contributed by atoms with Crippen molar-refractivity contribution in [3.63, 3.8) is 0 Å². The first-order chi connectivity index (χ1) is 6.41. The van der Waals surface area contributed by atoms with E-state index in [0.29, 0.717) is 0 Å². The molecular formula is C12H21NO. The molecule has 1 N–H and O–H groups in total. The number of carbonyl (C=O) groups excluding carboxylic acids is 1.